The van der Waals surface area contributed by atoms with Crippen molar-refractivity contribution in [1.29, 1.82) is 0 Å². The van der Waals surface area contributed by atoms with Gasteiger partial charge < -0.3 is 15.1 Å². The number of nitrogens with zero attached hydrogens (tertiary/aromatic N) is 1. The molecule has 1 heterocycles. The van der Waals surface area contributed by atoms with Crippen molar-refractivity contribution in [2.24, 2.45) is 5.73 Å². The topological polar surface area (TPSA) is 42.4 Å². The van der Waals surface area contributed by atoms with Crippen LogP contribution in [0.15, 0.2) is 45.5 Å². The zero-order valence-corrected chi connectivity index (χ0v) is 12.2. The number of anilines is 1. The van der Waals surface area contributed by atoms with Crippen LogP contribution in [0.4, 0.5) is 10.1 Å². The van der Waals surface area contributed by atoms with E-state index in [9.17, 15) is 4.39 Å². The molecule has 0 radical (unpaired) electrons. The van der Waals surface area contributed by atoms with Crippen LogP contribution in [0.1, 0.15) is 18.7 Å². The third kappa shape index (κ3) is 2.98. The summed E-state index contributed by atoms with van der Waals surface area (Å²) in [4.78, 5) is 2.09. The minimum atomic E-state index is -0.247. The first-order valence-electron chi connectivity index (χ1n) is 6.12. The van der Waals surface area contributed by atoms with Crippen molar-refractivity contribution in [3.8, 4) is 0 Å². The van der Waals surface area contributed by atoms with Crippen LogP contribution in [0.2, 0.25) is 0 Å². The van der Waals surface area contributed by atoms with E-state index in [1.54, 1.807) is 18.4 Å². The zero-order valence-electron chi connectivity index (χ0n) is 10.6. The predicted octanol–water partition coefficient (Wildman–Crippen LogP) is 3.71. The zero-order chi connectivity index (χ0) is 13.8. The summed E-state index contributed by atoms with van der Waals surface area (Å²) in [5.41, 5.74) is 6.80. The highest BCUT2D eigenvalue weighted by molar-refractivity contribution is 9.10. The molecule has 0 aliphatic heterocycles. The van der Waals surface area contributed by atoms with Gasteiger partial charge in [-0.15, -0.1) is 0 Å². The maximum Gasteiger partial charge on any atom is 0.141 e. The Kier molecular flexibility index (Phi) is 4.61. The van der Waals surface area contributed by atoms with Crippen LogP contribution in [-0.4, -0.2) is 13.1 Å². The lowest BCUT2D eigenvalue weighted by molar-refractivity contribution is 0.450. The number of rotatable bonds is 5. The largest absolute Gasteiger partial charge is 0.466 e. The number of nitrogens with two attached hydrogens (primary N) is 1. The fourth-order valence-corrected chi connectivity index (χ4v) is 2.60. The molecule has 1 aromatic heterocycles. The molecule has 1 unspecified atom stereocenters. The van der Waals surface area contributed by atoms with Gasteiger partial charge in [-0.2, -0.15) is 0 Å². The minimum Gasteiger partial charge on any atom is -0.466 e. The summed E-state index contributed by atoms with van der Waals surface area (Å²) in [7, 11) is 0. The van der Waals surface area contributed by atoms with Gasteiger partial charge in [0.25, 0.3) is 0 Å². The number of likely N-dealkylation sites (N-methyl/N-ethyl adjacent to an activating group) is 1. The first kappa shape index (κ1) is 14.1. The Balaban J connectivity index is 2.34. The smallest absolute Gasteiger partial charge is 0.141 e. The second-order valence-corrected chi connectivity index (χ2v) is 5.00. The molecule has 0 bridgehead atoms. The lowest BCUT2D eigenvalue weighted by atomic mass is 10.1. The van der Waals surface area contributed by atoms with Gasteiger partial charge in [0.1, 0.15) is 17.6 Å². The number of furan rings is 1. The Morgan fingerprint density at radius 2 is 2.00 bits per heavy atom. The van der Waals surface area contributed by atoms with Crippen LogP contribution in [0.3, 0.4) is 0 Å². The van der Waals surface area contributed by atoms with Gasteiger partial charge in [0, 0.05) is 18.8 Å². The highest BCUT2D eigenvalue weighted by Crippen LogP contribution is 2.31. The Labute approximate surface area is 120 Å². The van der Waals surface area contributed by atoms with Crippen molar-refractivity contribution in [1.82, 2.24) is 0 Å². The standard InChI is InChI=1S/C14H16BrFN2O/c1-2-18(11-5-3-10(16)4-6-11)13(9-17)14-12(15)7-8-19-14/h3-8,13H,2,9,17H2,1H3. The van der Waals surface area contributed by atoms with E-state index in [-0.39, 0.29) is 11.9 Å². The third-order valence-electron chi connectivity index (χ3n) is 3.05. The summed E-state index contributed by atoms with van der Waals surface area (Å²) in [5.74, 6) is 0.539. The Morgan fingerprint density at radius 1 is 1.32 bits per heavy atom. The molecule has 2 aromatic rings. The summed E-state index contributed by atoms with van der Waals surface area (Å²) in [6.07, 6.45) is 1.63. The molecule has 5 heteroatoms. The van der Waals surface area contributed by atoms with Crippen molar-refractivity contribution in [2.45, 2.75) is 13.0 Å². The molecule has 0 aliphatic rings. The molecular formula is C14H16BrFN2O. The molecule has 0 fully saturated rings. The highest BCUT2D eigenvalue weighted by atomic mass is 79.9. The number of hydrogen-bond acceptors (Lipinski definition) is 3. The monoisotopic (exact) mass is 326 g/mol. The molecule has 2 rings (SSSR count). The van der Waals surface area contributed by atoms with Crippen molar-refractivity contribution < 1.29 is 8.81 Å². The number of hydrogen-bond donors (Lipinski definition) is 1. The van der Waals surface area contributed by atoms with E-state index < -0.39 is 0 Å². The molecule has 1 aromatic carbocycles. The molecule has 19 heavy (non-hydrogen) atoms. The van der Waals surface area contributed by atoms with Crippen molar-refractivity contribution in [3.63, 3.8) is 0 Å². The lowest BCUT2D eigenvalue weighted by Gasteiger charge is -2.31. The summed E-state index contributed by atoms with van der Waals surface area (Å²) in [6.45, 7) is 3.20. The first-order valence-corrected chi connectivity index (χ1v) is 6.91. The van der Waals surface area contributed by atoms with E-state index >= 15 is 0 Å². The van der Waals surface area contributed by atoms with Crippen molar-refractivity contribution in [2.75, 3.05) is 18.0 Å². The molecule has 0 saturated carbocycles. The number of benzene rings is 1. The fourth-order valence-electron chi connectivity index (χ4n) is 2.13. The average molecular weight is 327 g/mol. The third-order valence-corrected chi connectivity index (χ3v) is 3.70. The SMILES string of the molecule is CCN(c1ccc(F)cc1)C(CN)c1occc1Br. The van der Waals surface area contributed by atoms with Gasteiger partial charge >= 0.3 is 0 Å². The Morgan fingerprint density at radius 3 is 2.47 bits per heavy atom. The lowest BCUT2D eigenvalue weighted by Crippen LogP contribution is -2.33. The average Bonchev–Trinajstić information content (AvgIpc) is 2.83. The van der Waals surface area contributed by atoms with Gasteiger partial charge in [-0.1, -0.05) is 0 Å². The normalized spacial score (nSPS) is 12.4. The van der Waals surface area contributed by atoms with Gasteiger partial charge in [0.2, 0.25) is 0 Å². The maximum atomic E-state index is 13.0. The van der Waals surface area contributed by atoms with Crippen LogP contribution in [0, 0.1) is 5.82 Å². The first-order chi connectivity index (χ1) is 9.17. The Hall–Kier alpha value is -1.33. The molecule has 3 nitrogen and oxygen atoms in total. The molecule has 102 valence electrons. The molecule has 0 aliphatic carbocycles. The van der Waals surface area contributed by atoms with Crippen molar-refractivity contribution in [3.05, 3.63) is 52.6 Å². The van der Waals surface area contributed by atoms with E-state index in [0.29, 0.717) is 6.54 Å². The van der Waals surface area contributed by atoms with Gasteiger partial charge in [0.15, 0.2) is 0 Å². The van der Waals surface area contributed by atoms with Gasteiger partial charge in [0.05, 0.1) is 10.7 Å². The quantitative estimate of drug-likeness (QED) is 0.910. The van der Waals surface area contributed by atoms with Crippen LogP contribution >= 0.6 is 15.9 Å². The molecule has 1 atom stereocenters. The minimum absolute atomic E-state index is 0.0835. The molecule has 0 saturated heterocycles. The van der Waals surface area contributed by atoms with Crippen LogP contribution in [0.5, 0.6) is 0 Å². The van der Waals surface area contributed by atoms with Crippen LogP contribution in [-0.2, 0) is 0 Å². The second-order valence-electron chi connectivity index (χ2n) is 4.15. The summed E-state index contributed by atoms with van der Waals surface area (Å²) in [5, 5.41) is 0. The van der Waals surface area contributed by atoms with Crippen LogP contribution in [0.25, 0.3) is 0 Å². The second kappa shape index (κ2) is 6.21. The van der Waals surface area contributed by atoms with E-state index in [1.807, 2.05) is 13.0 Å². The van der Waals surface area contributed by atoms with Gasteiger partial charge in [-0.25, -0.2) is 4.39 Å². The fraction of sp³-hybridized carbons (Fsp3) is 0.286. The maximum absolute atomic E-state index is 13.0. The molecular weight excluding hydrogens is 311 g/mol. The highest BCUT2D eigenvalue weighted by Gasteiger charge is 2.23. The predicted molar refractivity (Wildman–Crippen MR) is 77.6 cm³/mol. The summed E-state index contributed by atoms with van der Waals surface area (Å²) >= 11 is 3.45. The van der Waals surface area contributed by atoms with E-state index in [0.717, 1.165) is 22.5 Å². The van der Waals surface area contributed by atoms with Gasteiger partial charge in [-0.3, -0.25) is 0 Å². The number of halogens is 2. The van der Waals surface area contributed by atoms with E-state index in [4.69, 9.17) is 10.2 Å². The summed E-state index contributed by atoms with van der Waals surface area (Å²) < 4.78 is 19.4. The summed E-state index contributed by atoms with van der Waals surface area (Å²) in [6, 6.07) is 8.15. The van der Waals surface area contributed by atoms with Gasteiger partial charge in [-0.05, 0) is 53.2 Å². The van der Waals surface area contributed by atoms with Crippen molar-refractivity contribution >= 4 is 21.6 Å². The molecule has 0 amide bonds. The molecule has 2 N–H and O–H groups in total. The van der Waals surface area contributed by atoms with E-state index in [1.165, 1.54) is 12.1 Å². The van der Waals surface area contributed by atoms with Crippen LogP contribution < -0.4 is 10.6 Å². The Bertz CT molecular complexity index is 526. The van der Waals surface area contributed by atoms with E-state index in [2.05, 4.69) is 20.8 Å². The molecule has 0 spiro atoms.